The van der Waals surface area contributed by atoms with Crippen molar-refractivity contribution in [3.8, 4) is 0 Å². The van der Waals surface area contributed by atoms with E-state index in [-0.39, 0.29) is 26.2 Å². The monoisotopic (exact) mass is 211 g/mol. The molecule has 0 aromatic carbocycles. The summed E-state index contributed by atoms with van der Waals surface area (Å²) < 4.78 is 0. The molecule has 0 saturated heterocycles. The van der Waals surface area contributed by atoms with Gasteiger partial charge in [0.15, 0.2) is 0 Å². The Balaban J connectivity index is 0.000000810. The van der Waals surface area contributed by atoms with E-state index in [2.05, 4.69) is 33.3 Å². The number of hydrogen-bond donors (Lipinski definition) is 0. The van der Waals surface area contributed by atoms with E-state index in [1.807, 2.05) is 0 Å². The van der Waals surface area contributed by atoms with Crippen LogP contribution in [0.1, 0.15) is 27.2 Å². The van der Waals surface area contributed by atoms with E-state index in [1.165, 1.54) is 16.7 Å². The third-order valence-corrected chi connectivity index (χ3v) is 1.83. The second kappa shape index (κ2) is 4.28. The van der Waals surface area contributed by atoms with Crippen molar-refractivity contribution < 1.29 is 26.2 Å². The summed E-state index contributed by atoms with van der Waals surface area (Å²) >= 11 is 0. The summed E-state index contributed by atoms with van der Waals surface area (Å²) in [4.78, 5) is 0. The van der Waals surface area contributed by atoms with Crippen LogP contribution in [-0.4, -0.2) is 0 Å². The van der Waals surface area contributed by atoms with Crippen molar-refractivity contribution in [1.82, 2.24) is 0 Å². The molecule has 0 bridgehead atoms. The van der Waals surface area contributed by atoms with Crippen LogP contribution in [0.5, 0.6) is 0 Å². The summed E-state index contributed by atoms with van der Waals surface area (Å²) in [5.74, 6) is 0. The van der Waals surface area contributed by atoms with E-state index < -0.39 is 0 Å². The molecule has 1 aliphatic carbocycles. The standard InChI is InChI=1S/C9H13.Zr/c1-4-9-5-7(2)8(3)6-9;/h5-6H,4H2,1-3H3;. The minimum atomic E-state index is 0. The first-order valence-electron chi connectivity index (χ1n) is 3.47. The Hall–Kier alpha value is 0.363. The van der Waals surface area contributed by atoms with Crippen molar-refractivity contribution in [3.05, 3.63) is 29.2 Å². The predicted molar refractivity (Wildman–Crippen MR) is 41.0 cm³/mol. The molecule has 0 nitrogen and oxygen atoms in total. The van der Waals surface area contributed by atoms with E-state index in [0.29, 0.717) is 0 Å². The van der Waals surface area contributed by atoms with Crippen molar-refractivity contribution in [2.75, 3.05) is 0 Å². The molecule has 1 aliphatic rings. The van der Waals surface area contributed by atoms with Gasteiger partial charge < -0.3 is 0 Å². The smallest absolute Gasteiger partial charge is 0.0116 e. The zero-order valence-corrected chi connectivity index (χ0v) is 9.32. The maximum atomic E-state index is 2.26. The molecule has 0 aromatic heterocycles. The molecule has 0 N–H and O–H groups in total. The summed E-state index contributed by atoms with van der Waals surface area (Å²) in [6.45, 7) is 6.51. The molecule has 0 atom stereocenters. The summed E-state index contributed by atoms with van der Waals surface area (Å²) in [7, 11) is 0. The molecule has 0 aromatic rings. The van der Waals surface area contributed by atoms with Gasteiger partial charge in [-0.05, 0) is 20.3 Å². The summed E-state index contributed by atoms with van der Waals surface area (Å²) in [6.07, 6.45) is 5.68. The average Bonchev–Trinajstić information content (AvgIpc) is 2.13. The molecular formula is C9H13Zr. The predicted octanol–water partition coefficient (Wildman–Crippen LogP) is 2.87. The third-order valence-electron chi connectivity index (χ3n) is 1.83. The van der Waals surface area contributed by atoms with Crippen LogP contribution in [0, 0.1) is 6.42 Å². The topological polar surface area (TPSA) is 0 Å². The molecule has 1 heteroatoms. The van der Waals surface area contributed by atoms with Gasteiger partial charge in [0.05, 0.1) is 0 Å². The molecule has 10 heavy (non-hydrogen) atoms. The normalized spacial score (nSPS) is 16.9. The fourth-order valence-corrected chi connectivity index (χ4v) is 1.03. The quantitative estimate of drug-likeness (QED) is 0.627. The van der Waals surface area contributed by atoms with E-state index in [4.69, 9.17) is 0 Å². The molecular weight excluding hydrogens is 199 g/mol. The molecule has 0 amide bonds. The second-order valence-electron chi connectivity index (χ2n) is 2.58. The van der Waals surface area contributed by atoms with Crippen LogP contribution >= 0.6 is 0 Å². The Morgan fingerprint density at radius 2 is 1.80 bits per heavy atom. The Bertz CT molecular complexity index is 175. The Morgan fingerprint density at radius 3 is 2.00 bits per heavy atom. The van der Waals surface area contributed by atoms with Gasteiger partial charge in [0.25, 0.3) is 0 Å². The van der Waals surface area contributed by atoms with Gasteiger partial charge in [0.2, 0.25) is 0 Å². The van der Waals surface area contributed by atoms with Crippen molar-refractivity contribution >= 4 is 0 Å². The fourth-order valence-electron chi connectivity index (χ4n) is 1.03. The SMILES string of the molecule is CCC1=CC(C)=C(C)[CH]1.[Zr]. The third kappa shape index (κ3) is 2.20. The van der Waals surface area contributed by atoms with Crippen molar-refractivity contribution in [1.29, 1.82) is 0 Å². The molecule has 0 spiro atoms. The second-order valence-corrected chi connectivity index (χ2v) is 2.58. The molecule has 0 saturated carbocycles. The zero-order valence-electron chi connectivity index (χ0n) is 6.86. The zero-order chi connectivity index (χ0) is 6.85. The first-order chi connectivity index (χ1) is 4.24. The van der Waals surface area contributed by atoms with Gasteiger partial charge in [-0.3, -0.25) is 0 Å². The summed E-state index contributed by atoms with van der Waals surface area (Å²) in [5, 5.41) is 0. The van der Waals surface area contributed by atoms with Gasteiger partial charge in [0, 0.05) is 32.6 Å². The first-order valence-corrected chi connectivity index (χ1v) is 3.47. The molecule has 0 heterocycles. The van der Waals surface area contributed by atoms with Gasteiger partial charge in [-0.1, -0.05) is 29.7 Å². The van der Waals surface area contributed by atoms with E-state index in [0.717, 1.165) is 6.42 Å². The van der Waals surface area contributed by atoms with Crippen LogP contribution in [0.4, 0.5) is 0 Å². The van der Waals surface area contributed by atoms with Crippen LogP contribution in [-0.2, 0) is 26.2 Å². The molecule has 0 fully saturated rings. The molecule has 1 radical (unpaired) electrons. The molecule has 0 aliphatic heterocycles. The maximum absolute atomic E-state index is 2.26. The minimum absolute atomic E-state index is 0. The molecule has 53 valence electrons. The van der Waals surface area contributed by atoms with Crippen molar-refractivity contribution in [3.63, 3.8) is 0 Å². The number of allylic oxidation sites excluding steroid dienone is 4. The van der Waals surface area contributed by atoms with Gasteiger partial charge in [0.1, 0.15) is 0 Å². The van der Waals surface area contributed by atoms with Gasteiger partial charge in [-0.15, -0.1) is 0 Å². The fraction of sp³-hybridized carbons (Fsp3) is 0.444. The molecule has 0 unspecified atom stereocenters. The Kier molecular flexibility index (Phi) is 4.44. The van der Waals surface area contributed by atoms with E-state index in [1.54, 1.807) is 0 Å². The Morgan fingerprint density at radius 1 is 1.20 bits per heavy atom. The average molecular weight is 212 g/mol. The Labute approximate surface area is 82.5 Å². The summed E-state index contributed by atoms with van der Waals surface area (Å²) in [6, 6.07) is 0. The minimum Gasteiger partial charge on any atom is -0.0623 e. The first kappa shape index (κ1) is 10.4. The largest absolute Gasteiger partial charge is 0.0623 e. The van der Waals surface area contributed by atoms with Crippen LogP contribution in [0.25, 0.3) is 0 Å². The van der Waals surface area contributed by atoms with Gasteiger partial charge >= 0.3 is 0 Å². The van der Waals surface area contributed by atoms with Crippen LogP contribution in [0.2, 0.25) is 0 Å². The van der Waals surface area contributed by atoms with Gasteiger partial charge in [-0.2, -0.15) is 0 Å². The maximum Gasteiger partial charge on any atom is 0.0116 e. The van der Waals surface area contributed by atoms with Gasteiger partial charge in [-0.25, -0.2) is 0 Å². The molecule has 1 rings (SSSR count). The van der Waals surface area contributed by atoms with Crippen LogP contribution in [0.15, 0.2) is 22.8 Å². The van der Waals surface area contributed by atoms with E-state index in [9.17, 15) is 0 Å². The summed E-state index contributed by atoms with van der Waals surface area (Å²) in [5.41, 5.74) is 4.31. The number of rotatable bonds is 1. The van der Waals surface area contributed by atoms with Crippen LogP contribution < -0.4 is 0 Å². The van der Waals surface area contributed by atoms with E-state index >= 15 is 0 Å². The van der Waals surface area contributed by atoms with Crippen molar-refractivity contribution in [2.24, 2.45) is 0 Å². The number of hydrogen-bond acceptors (Lipinski definition) is 0. The van der Waals surface area contributed by atoms with Crippen molar-refractivity contribution in [2.45, 2.75) is 27.2 Å². The van der Waals surface area contributed by atoms with Crippen LogP contribution in [0.3, 0.4) is 0 Å².